The molecule has 2 fully saturated rings. The second-order valence-corrected chi connectivity index (χ2v) is 5.97. The molecule has 2 saturated heterocycles. The first-order chi connectivity index (χ1) is 9.70. The molecule has 1 aromatic heterocycles. The van der Waals surface area contributed by atoms with Crippen molar-refractivity contribution in [3.05, 3.63) is 29.8 Å². The zero-order valence-corrected chi connectivity index (χ0v) is 11.6. The lowest BCUT2D eigenvalue weighted by atomic mass is 9.74. The van der Waals surface area contributed by atoms with Crippen LogP contribution in [0.5, 0.6) is 0 Å². The summed E-state index contributed by atoms with van der Waals surface area (Å²) < 4.78 is 13.7. The number of carbonyl (C=O) groups excluding carboxylic acids is 1. The van der Waals surface area contributed by atoms with Gasteiger partial charge in [0.15, 0.2) is 5.82 Å². The van der Waals surface area contributed by atoms with Gasteiger partial charge in [-0.3, -0.25) is 9.78 Å². The lowest BCUT2D eigenvalue weighted by molar-refractivity contribution is 0.0430. The first kappa shape index (κ1) is 13.5. The van der Waals surface area contributed by atoms with Crippen molar-refractivity contribution in [1.82, 2.24) is 15.2 Å². The van der Waals surface area contributed by atoms with Crippen molar-refractivity contribution >= 4 is 5.91 Å². The van der Waals surface area contributed by atoms with Crippen LogP contribution in [-0.4, -0.2) is 42.0 Å². The van der Waals surface area contributed by atoms with Crippen molar-refractivity contribution < 1.29 is 9.18 Å². The molecule has 1 unspecified atom stereocenters. The van der Waals surface area contributed by atoms with Crippen LogP contribution in [0, 0.1) is 11.2 Å². The van der Waals surface area contributed by atoms with Gasteiger partial charge in [-0.1, -0.05) is 0 Å². The Kier molecular flexibility index (Phi) is 3.70. The van der Waals surface area contributed by atoms with E-state index in [0.717, 1.165) is 58.1 Å². The number of halogens is 1. The van der Waals surface area contributed by atoms with E-state index in [1.165, 1.54) is 12.3 Å². The predicted octanol–water partition coefficient (Wildman–Crippen LogP) is 1.83. The van der Waals surface area contributed by atoms with Gasteiger partial charge in [0.2, 0.25) is 0 Å². The van der Waals surface area contributed by atoms with Crippen LogP contribution in [0.2, 0.25) is 0 Å². The van der Waals surface area contributed by atoms with E-state index in [9.17, 15) is 9.18 Å². The van der Waals surface area contributed by atoms with Crippen molar-refractivity contribution in [1.29, 1.82) is 0 Å². The average Bonchev–Trinajstić information content (AvgIpc) is 2.48. The predicted molar refractivity (Wildman–Crippen MR) is 73.9 cm³/mol. The van der Waals surface area contributed by atoms with E-state index < -0.39 is 5.82 Å². The number of rotatable bonds is 1. The van der Waals surface area contributed by atoms with Crippen molar-refractivity contribution in [3.63, 3.8) is 0 Å². The molecule has 3 rings (SSSR count). The molecular formula is C15H20FN3O. The number of hydrogen-bond acceptors (Lipinski definition) is 3. The Morgan fingerprint density at radius 2 is 2.25 bits per heavy atom. The third kappa shape index (κ3) is 2.54. The Labute approximate surface area is 118 Å². The maximum absolute atomic E-state index is 13.7. The van der Waals surface area contributed by atoms with Crippen LogP contribution in [0.25, 0.3) is 0 Å². The third-order valence-electron chi connectivity index (χ3n) is 4.51. The van der Waals surface area contributed by atoms with E-state index in [2.05, 4.69) is 10.3 Å². The summed E-state index contributed by atoms with van der Waals surface area (Å²) in [6.07, 6.45) is 7.05. The van der Waals surface area contributed by atoms with Crippen molar-refractivity contribution in [3.8, 4) is 0 Å². The molecule has 108 valence electrons. The summed E-state index contributed by atoms with van der Waals surface area (Å²) in [5.74, 6) is -0.728. The molecule has 1 spiro atoms. The number of hydrogen-bond donors (Lipinski definition) is 1. The lowest BCUT2D eigenvalue weighted by Crippen LogP contribution is -2.52. The van der Waals surface area contributed by atoms with Crippen LogP contribution in [-0.2, 0) is 0 Å². The van der Waals surface area contributed by atoms with Gasteiger partial charge in [0.05, 0.1) is 11.8 Å². The van der Waals surface area contributed by atoms with Gasteiger partial charge in [-0.15, -0.1) is 0 Å². The topological polar surface area (TPSA) is 45.2 Å². The normalized spacial score (nSPS) is 26.8. The fourth-order valence-corrected chi connectivity index (χ4v) is 3.48. The van der Waals surface area contributed by atoms with Gasteiger partial charge >= 0.3 is 0 Å². The van der Waals surface area contributed by atoms with E-state index in [1.54, 1.807) is 0 Å². The maximum atomic E-state index is 13.7. The van der Waals surface area contributed by atoms with Gasteiger partial charge in [0.25, 0.3) is 5.91 Å². The lowest BCUT2D eigenvalue weighted by Gasteiger charge is -2.45. The molecule has 0 saturated carbocycles. The van der Waals surface area contributed by atoms with Crippen LogP contribution in [0.1, 0.15) is 36.0 Å². The highest BCUT2D eigenvalue weighted by Crippen LogP contribution is 2.36. The first-order valence-electron chi connectivity index (χ1n) is 7.30. The number of carbonyl (C=O) groups is 1. The van der Waals surface area contributed by atoms with E-state index in [1.807, 2.05) is 4.90 Å². The number of nitrogens with one attached hydrogen (secondary N) is 1. The maximum Gasteiger partial charge on any atom is 0.256 e. The highest BCUT2D eigenvalue weighted by Gasteiger charge is 2.38. The second kappa shape index (κ2) is 5.48. The Bertz CT molecular complexity index is 494. The molecule has 0 radical (unpaired) electrons. The summed E-state index contributed by atoms with van der Waals surface area (Å²) in [7, 11) is 0. The zero-order chi connectivity index (χ0) is 14.0. The quantitative estimate of drug-likeness (QED) is 0.851. The zero-order valence-electron chi connectivity index (χ0n) is 11.6. The second-order valence-electron chi connectivity index (χ2n) is 5.97. The van der Waals surface area contributed by atoms with E-state index in [-0.39, 0.29) is 16.9 Å². The molecule has 20 heavy (non-hydrogen) atoms. The summed E-state index contributed by atoms with van der Waals surface area (Å²) >= 11 is 0. The van der Waals surface area contributed by atoms with Gasteiger partial charge in [-0.25, -0.2) is 4.39 Å². The van der Waals surface area contributed by atoms with Crippen molar-refractivity contribution in [2.75, 3.05) is 26.2 Å². The van der Waals surface area contributed by atoms with Crippen LogP contribution in [0.3, 0.4) is 0 Å². The third-order valence-corrected chi connectivity index (χ3v) is 4.51. The minimum atomic E-state index is -0.529. The number of likely N-dealkylation sites (tertiary alicyclic amines) is 1. The molecule has 2 aliphatic rings. The molecule has 1 atom stereocenters. The molecule has 4 nitrogen and oxygen atoms in total. The van der Waals surface area contributed by atoms with Gasteiger partial charge in [0.1, 0.15) is 0 Å². The standard InChI is InChI=1S/C15H20FN3O/c16-13-9-17-7-3-12(13)14(20)19-8-2-5-15(11-19)4-1-6-18-10-15/h3,7,9,18H,1-2,4-6,8,10-11H2. The Morgan fingerprint density at radius 3 is 3.00 bits per heavy atom. The fourth-order valence-electron chi connectivity index (χ4n) is 3.48. The minimum absolute atomic E-state index is 0.140. The largest absolute Gasteiger partial charge is 0.338 e. The molecule has 1 N–H and O–H groups in total. The van der Waals surface area contributed by atoms with E-state index >= 15 is 0 Å². The minimum Gasteiger partial charge on any atom is -0.338 e. The molecule has 5 heteroatoms. The Balaban J connectivity index is 1.77. The van der Waals surface area contributed by atoms with E-state index in [0.29, 0.717) is 0 Å². The molecule has 1 amide bonds. The SMILES string of the molecule is O=C(c1ccncc1F)N1CCCC2(CCCNC2)C1. The molecule has 0 bridgehead atoms. The smallest absolute Gasteiger partial charge is 0.256 e. The Morgan fingerprint density at radius 1 is 1.40 bits per heavy atom. The summed E-state index contributed by atoms with van der Waals surface area (Å²) in [4.78, 5) is 18.0. The van der Waals surface area contributed by atoms with Gasteiger partial charge in [-0.05, 0) is 38.3 Å². The summed E-state index contributed by atoms with van der Waals surface area (Å²) in [5, 5.41) is 3.43. The van der Waals surface area contributed by atoms with Crippen LogP contribution < -0.4 is 5.32 Å². The van der Waals surface area contributed by atoms with Crippen molar-refractivity contribution in [2.24, 2.45) is 5.41 Å². The molecule has 2 aliphatic heterocycles. The van der Waals surface area contributed by atoms with Crippen molar-refractivity contribution in [2.45, 2.75) is 25.7 Å². The summed E-state index contributed by atoms with van der Waals surface area (Å²) in [5.41, 5.74) is 0.330. The number of pyridine rings is 1. The van der Waals surface area contributed by atoms with Gasteiger partial charge < -0.3 is 10.2 Å². The summed E-state index contributed by atoms with van der Waals surface area (Å²) in [6, 6.07) is 1.47. The monoisotopic (exact) mass is 277 g/mol. The average molecular weight is 277 g/mol. The highest BCUT2D eigenvalue weighted by molar-refractivity contribution is 5.94. The van der Waals surface area contributed by atoms with Crippen LogP contribution in [0.15, 0.2) is 18.5 Å². The molecular weight excluding hydrogens is 257 g/mol. The van der Waals surface area contributed by atoms with Crippen LogP contribution >= 0.6 is 0 Å². The number of amides is 1. The molecule has 3 heterocycles. The molecule has 1 aromatic rings. The van der Waals surface area contributed by atoms with E-state index in [4.69, 9.17) is 0 Å². The van der Waals surface area contributed by atoms with Crippen LogP contribution in [0.4, 0.5) is 4.39 Å². The molecule has 0 aromatic carbocycles. The first-order valence-corrected chi connectivity index (χ1v) is 7.30. The highest BCUT2D eigenvalue weighted by atomic mass is 19.1. The van der Waals surface area contributed by atoms with Gasteiger partial charge in [-0.2, -0.15) is 0 Å². The number of piperidine rings is 2. The number of aromatic nitrogens is 1. The summed E-state index contributed by atoms with van der Waals surface area (Å²) in [6.45, 7) is 3.49. The van der Waals surface area contributed by atoms with Gasteiger partial charge in [0, 0.05) is 31.2 Å². The Hall–Kier alpha value is -1.49. The molecule has 0 aliphatic carbocycles. The fraction of sp³-hybridized carbons (Fsp3) is 0.600. The number of nitrogens with zero attached hydrogens (tertiary/aromatic N) is 2.